The highest BCUT2D eigenvalue weighted by Crippen LogP contribution is 2.19. The van der Waals surface area contributed by atoms with E-state index in [1.807, 2.05) is 38.0 Å². The fourth-order valence-corrected chi connectivity index (χ4v) is 3.92. The summed E-state index contributed by atoms with van der Waals surface area (Å²) < 4.78 is 40.8. The van der Waals surface area contributed by atoms with E-state index in [1.165, 1.54) is 10.4 Å². The van der Waals surface area contributed by atoms with E-state index in [0.717, 1.165) is 25.2 Å². The number of hydrogen-bond acceptors (Lipinski definition) is 5. The molecule has 8 heteroatoms. The second kappa shape index (κ2) is 9.82. The molecular formula is C17H27FN4O2S. The standard InChI is InChI=1S/C17H27FN4O2S/c1-20(2)9-5-11-22(12-6-10-21(3)4)25(23,24)16-7-8-17(18)15(13-16)14-19/h7-8,13H,5-6,9-12H2,1-4H3. The van der Waals surface area contributed by atoms with Gasteiger partial charge in [0.2, 0.25) is 10.0 Å². The van der Waals surface area contributed by atoms with Crippen molar-refractivity contribution in [1.82, 2.24) is 14.1 Å². The summed E-state index contributed by atoms with van der Waals surface area (Å²) in [6.45, 7) is 2.31. The van der Waals surface area contributed by atoms with E-state index >= 15 is 0 Å². The van der Waals surface area contributed by atoms with Crippen molar-refractivity contribution in [2.75, 3.05) is 54.4 Å². The highest BCUT2D eigenvalue weighted by atomic mass is 32.2. The summed E-state index contributed by atoms with van der Waals surface area (Å²) >= 11 is 0. The van der Waals surface area contributed by atoms with Crippen LogP contribution >= 0.6 is 0 Å². The second-order valence-corrected chi connectivity index (χ2v) is 8.41. The first-order valence-corrected chi connectivity index (χ1v) is 9.61. The number of hydrogen-bond donors (Lipinski definition) is 0. The van der Waals surface area contributed by atoms with Crippen molar-refractivity contribution in [1.29, 1.82) is 5.26 Å². The second-order valence-electron chi connectivity index (χ2n) is 6.47. The minimum absolute atomic E-state index is 0.0415. The third-order valence-corrected chi connectivity index (χ3v) is 5.62. The van der Waals surface area contributed by atoms with Crippen molar-refractivity contribution < 1.29 is 12.8 Å². The van der Waals surface area contributed by atoms with Crippen LogP contribution in [0.5, 0.6) is 0 Å². The molecule has 1 aromatic carbocycles. The quantitative estimate of drug-likeness (QED) is 0.626. The molecule has 0 saturated heterocycles. The zero-order valence-electron chi connectivity index (χ0n) is 15.4. The molecule has 0 N–H and O–H groups in total. The summed E-state index contributed by atoms with van der Waals surface area (Å²) in [4.78, 5) is 3.95. The van der Waals surface area contributed by atoms with Crippen molar-refractivity contribution >= 4 is 10.0 Å². The molecule has 0 spiro atoms. The van der Waals surface area contributed by atoms with Gasteiger partial charge in [0.05, 0.1) is 10.5 Å². The third kappa shape index (κ3) is 6.71. The molecule has 0 radical (unpaired) electrons. The molecule has 0 aliphatic carbocycles. The summed E-state index contributed by atoms with van der Waals surface area (Å²) in [5, 5.41) is 8.94. The number of nitrogens with zero attached hydrogens (tertiary/aromatic N) is 4. The molecule has 0 amide bonds. The zero-order chi connectivity index (χ0) is 19.0. The van der Waals surface area contributed by atoms with Crippen LogP contribution in [0.3, 0.4) is 0 Å². The van der Waals surface area contributed by atoms with Crippen LogP contribution in [0, 0.1) is 17.1 Å². The molecule has 6 nitrogen and oxygen atoms in total. The van der Waals surface area contributed by atoms with Crippen LogP contribution in [-0.2, 0) is 10.0 Å². The molecule has 0 unspecified atom stereocenters. The first kappa shape index (κ1) is 21.5. The van der Waals surface area contributed by atoms with Crippen LogP contribution in [0.1, 0.15) is 18.4 Å². The van der Waals surface area contributed by atoms with Crippen LogP contribution in [0.25, 0.3) is 0 Å². The van der Waals surface area contributed by atoms with Gasteiger partial charge in [0.1, 0.15) is 11.9 Å². The summed E-state index contributed by atoms with van der Waals surface area (Å²) in [5.41, 5.74) is -0.261. The number of nitriles is 1. The maximum atomic E-state index is 13.5. The molecule has 25 heavy (non-hydrogen) atoms. The van der Waals surface area contributed by atoms with E-state index in [4.69, 9.17) is 5.26 Å². The van der Waals surface area contributed by atoms with Gasteiger partial charge in [-0.25, -0.2) is 12.8 Å². The average Bonchev–Trinajstić information content (AvgIpc) is 2.53. The maximum Gasteiger partial charge on any atom is 0.243 e. The summed E-state index contributed by atoms with van der Waals surface area (Å²) in [7, 11) is 3.97. The Kier molecular flexibility index (Phi) is 8.45. The number of benzene rings is 1. The molecule has 140 valence electrons. The summed E-state index contributed by atoms with van der Waals surface area (Å²) in [5.74, 6) is -0.715. The van der Waals surface area contributed by atoms with E-state index in [1.54, 1.807) is 6.07 Å². The molecule has 1 aromatic rings. The summed E-state index contributed by atoms with van der Waals surface area (Å²) in [6, 6.07) is 5.05. The average molecular weight is 370 g/mol. The van der Waals surface area contributed by atoms with Gasteiger partial charge in [-0.1, -0.05) is 0 Å². The topological polar surface area (TPSA) is 67.7 Å². The maximum absolute atomic E-state index is 13.5. The van der Waals surface area contributed by atoms with Gasteiger partial charge < -0.3 is 9.80 Å². The molecule has 0 saturated carbocycles. The monoisotopic (exact) mass is 370 g/mol. The van der Waals surface area contributed by atoms with Gasteiger partial charge in [-0.05, 0) is 72.3 Å². The van der Waals surface area contributed by atoms with Crippen molar-refractivity contribution in [3.05, 3.63) is 29.6 Å². The van der Waals surface area contributed by atoms with E-state index in [0.29, 0.717) is 25.9 Å². The molecular weight excluding hydrogens is 343 g/mol. The Morgan fingerprint density at radius 1 is 1.00 bits per heavy atom. The Hall–Kier alpha value is -1.53. The number of halogens is 1. The lowest BCUT2D eigenvalue weighted by molar-refractivity contribution is 0.326. The molecule has 0 atom stereocenters. The van der Waals surface area contributed by atoms with E-state index < -0.39 is 15.8 Å². The van der Waals surface area contributed by atoms with Crippen LogP contribution in [0.2, 0.25) is 0 Å². The number of sulfonamides is 1. The van der Waals surface area contributed by atoms with Crippen LogP contribution in [0.15, 0.2) is 23.1 Å². The Balaban J connectivity index is 3.01. The highest BCUT2D eigenvalue weighted by molar-refractivity contribution is 7.89. The first-order valence-electron chi connectivity index (χ1n) is 8.17. The minimum Gasteiger partial charge on any atom is -0.309 e. The largest absolute Gasteiger partial charge is 0.309 e. The van der Waals surface area contributed by atoms with E-state index in [-0.39, 0.29) is 10.5 Å². The van der Waals surface area contributed by atoms with Gasteiger partial charge in [-0.2, -0.15) is 9.57 Å². The van der Waals surface area contributed by atoms with Gasteiger partial charge in [0, 0.05) is 13.1 Å². The normalized spacial score (nSPS) is 12.1. The zero-order valence-corrected chi connectivity index (χ0v) is 16.2. The predicted molar refractivity (Wildman–Crippen MR) is 96.2 cm³/mol. The molecule has 0 heterocycles. The number of rotatable bonds is 10. The van der Waals surface area contributed by atoms with Crippen molar-refractivity contribution in [3.8, 4) is 6.07 Å². The SMILES string of the molecule is CN(C)CCCN(CCCN(C)C)S(=O)(=O)c1ccc(F)c(C#N)c1. The lowest BCUT2D eigenvalue weighted by Crippen LogP contribution is -2.35. The Morgan fingerprint density at radius 3 is 1.96 bits per heavy atom. The van der Waals surface area contributed by atoms with E-state index in [2.05, 4.69) is 0 Å². The first-order chi connectivity index (χ1) is 11.7. The molecule has 1 rings (SSSR count). The van der Waals surface area contributed by atoms with Crippen molar-refractivity contribution in [2.45, 2.75) is 17.7 Å². The van der Waals surface area contributed by atoms with Gasteiger partial charge >= 0.3 is 0 Å². The Labute approximate surface area is 150 Å². The molecule has 0 aromatic heterocycles. The van der Waals surface area contributed by atoms with Gasteiger partial charge in [0.15, 0.2) is 0 Å². The smallest absolute Gasteiger partial charge is 0.243 e. The third-order valence-electron chi connectivity index (χ3n) is 3.72. The predicted octanol–water partition coefficient (Wildman–Crippen LogP) is 1.59. The van der Waals surface area contributed by atoms with Crippen molar-refractivity contribution in [3.63, 3.8) is 0 Å². The van der Waals surface area contributed by atoms with Crippen molar-refractivity contribution in [2.24, 2.45) is 0 Å². The fourth-order valence-electron chi connectivity index (χ4n) is 2.38. The lowest BCUT2D eigenvalue weighted by atomic mass is 10.2. The van der Waals surface area contributed by atoms with E-state index in [9.17, 15) is 12.8 Å². The summed E-state index contributed by atoms with van der Waals surface area (Å²) in [6.07, 6.45) is 1.39. The molecule has 0 bridgehead atoms. The van der Waals surface area contributed by atoms with Gasteiger partial charge in [-0.15, -0.1) is 0 Å². The minimum atomic E-state index is -3.77. The van der Waals surface area contributed by atoms with Gasteiger partial charge in [0.25, 0.3) is 0 Å². The van der Waals surface area contributed by atoms with Crippen LogP contribution in [0.4, 0.5) is 4.39 Å². The van der Waals surface area contributed by atoms with Crippen LogP contribution < -0.4 is 0 Å². The highest BCUT2D eigenvalue weighted by Gasteiger charge is 2.25. The fraction of sp³-hybridized carbons (Fsp3) is 0.588. The molecule has 0 fully saturated rings. The Morgan fingerprint density at radius 2 is 1.52 bits per heavy atom. The Bertz CT molecular complexity index is 685. The molecule has 0 aliphatic rings. The molecule has 0 aliphatic heterocycles. The lowest BCUT2D eigenvalue weighted by Gasteiger charge is -2.24. The van der Waals surface area contributed by atoms with Crippen LogP contribution in [-0.4, -0.2) is 76.9 Å². The van der Waals surface area contributed by atoms with Gasteiger partial charge in [-0.3, -0.25) is 0 Å².